The van der Waals surface area contributed by atoms with Crippen LogP contribution in [0.15, 0.2) is 29.2 Å². The zero-order valence-electron chi connectivity index (χ0n) is 13.5. The monoisotopic (exact) mass is 338 g/mol. The molecule has 1 amide bonds. The van der Waals surface area contributed by atoms with Crippen molar-refractivity contribution < 1.29 is 18.3 Å². The molecule has 6 nitrogen and oxygen atoms in total. The lowest BCUT2D eigenvalue weighted by molar-refractivity contribution is -0.175. The Bertz CT molecular complexity index is 655. The summed E-state index contributed by atoms with van der Waals surface area (Å²) >= 11 is 0. The van der Waals surface area contributed by atoms with Crippen LogP contribution in [-0.2, 0) is 24.1 Å². The number of aryl methyl sites for hydroxylation is 1. The predicted molar refractivity (Wildman–Crippen MR) is 85.4 cm³/mol. The summed E-state index contributed by atoms with van der Waals surface area (Å²) in [5.41, 5.74) is 0.0676. The van der Waals surface area contributed by atoms with Crippen LogP contribution >= 0.6 is 0 Å². The minimum Gasteiger partial charge on any atom is -0.593 e. The smallest absolute Gasteiger partial charge is 0.254 e. The number of hydrogen-bond donors (Lipinski definition) is 0. The molecule has 0 aliphatic carbocycles. The van der Waals surface area contributed by atoms with Gasteiger partial charge < -0.3 is 14.2 Å². The molecule has 2 fully saturated rings. The van der Waals surface area contributed by atoms with Crippen molar-refractivity contribution in [3.8, 4) is 0 Å². The van der Waals surface area contributed by atoms with Crippen LogP contribution in [0, 0.1) is 6.92 Å². The van der Waals surface area contributed by atoms with Crippen LogP contribution in [0.1, 0.15) is 18.4 Å². The second-order valence-corrected chi connectivity index (χ2v) is 8.23. The van der Waals surface area contributed by atoms with Gasteiger partial charge in [0, 0.05) is 39.5 Å². The first-order valence-electron chi connectivity index (χ1n) is 7.81. The Morgan fingerprint density at radius 1 is 1.26 bits per heavy atom. The van der Waals surface area contributed by atoms with Gasteiger partial charge in [-0.05, 0) is 24.6 Å². The third kappa shape index (κ3) is 2.94. The highest BCUT2D eigenvalue weighted by Gasteiger charge is 2.49. The molecule has 0 N–H and O–H groups in total. The molecule has 1 unspecified atom stereocenters. The molecular formula is C16H22N2O4S. The minimum absolute atomic E-state index is 0.0312. The first kappa shape index (κ1) is 16.6. The number of nitrogens with zero attached hydrogens (tertiary/aromatic N) is 2. The van der Waals surface area contributed by atoms with E-state index in [9.17, 15) is 13.6 Å². The molecule has 23 heavy (non-hydrogen) atoms. The van der Waals surface area contributed by atoms with E-state index in [2.05, 4.69) is 0 Å². The van der Waals surface area contributed by atoms with Crippen LogP contribution in [0.4, 0.5) is 0 Å². The van der Waals surface area contributed by atoms with Gasteiger partial charge in [0.2, 0.25) is 0 Å². The highest BCUT2D eigenvalue weighted by atomic mass is 32.3. The standard InChI is InChI=1S/C16H22N2O4S/c1-13-4-3-5-14(12-13)23(20,21)18-8-6-16(7-9-18)15(19)17(2)10-11-22-16/h3-5,12H,6-11H2,1-2H3. The van der Waals surface area contributed by atoms with Crippen molar-refractivity contribution in [3.05, 3.63) is 29.8 Å². The van der Waals surface area contributed by atoms with Crippen molar-refractivity contribution in [1.82, 2.24) is 9.21 Å². The van der Waals surface area contributed by atoms with Gasteiger partial charge in [-0.2, -0.15) is 0 Å². The number of piperidine rings is 1. The summed E-state index contributed by atoms with van der Waals surface area (Å²) in [5.74, 6) is -0.0312. The molecule has 1 aromatic carbocycles. The van der Waals surface area contributed by atoms with Crippen LogP contribution in [-0.4, -0.2) is 58.6 Å². The SMILES string of the molecule is Cc1cccc([S+](=O)([O-])N2CCC3(CC2)OCCN(C)C3=O)c1. The minimum atomic E-state index is -3.52. The van der Waals surface area contributed by atoms with Gasteiger partial charge >= 0.3 is 0 Å². The van der Waals surface area contributed by atoms with Crippen molar-refractivity contribution in [3.63, 3.8) is 0 Å². The maximum absolute atomic E-state index is 12.7. The van der Waals surface area contributed by atoms with Gasteiger partial charge in [0.15, 0.2) is 15.3 Å². The summed E-state index contributed by atoms with van der Waals surface area (Å²) in [4.78, 5) is 14.4. The van der Waals surface area contributed by atoms with E-state index in [0.717, 1.165) is 5.56 Å². The Kier molecular flexibility index (Phi) is 4.31. The lowest BCUT2D eigenvalue weighted by atomic mass is 9.89. The van der Waals surface area contributed by atoms with Crippen molar-refractivity contribution >= 4 is 16.3 Å². The fourth-order valence-corrected chi connectivity index (χ4v) is 4.81. The van der Waals surface area contributed by atoms with Crippen molar-refractivity contribution in [2.75, 3.05) is 33.3 Å². The average Bonchev–Trinajstić information content (AvgIpc) is 2.53. The highest BCUT2D eigenvalue weighted by molar-refractivity contribution is 7.95. The Balaban J connectivity index is 1.76. The largest absolute Gasteiger partial charge is 0.593 e. The maximum Gasteiger partial charge on any atom is 0.254 e. The van der Waals surface area contributed by atoms with E-state index in [-0.39, 0.29) is 5.91 Å². The molecule has 126 valence electrons. The number of rotatable bonds is 2. The number of hydrogen-bond acceptors (Lipinski definition) is 4. The molecule has 0 radical (unpaired) electrons. The number of carbonyl (C=O) groups is 1. The second kappa shape index (κ2) is 5.98. The van der Waals surface area contributed by atoms with Gasteiger partial charge in [0.25, 0.3) is 5.91 Å². The third-order valence-electron chi connectivity index (χ3n) is 4.70. The average molecular weight is 338 g/mol. The lowest BCUT2D eigenvalue weighted by Crippen LogP contribution is -2.60. The van der Waals surface area contributed by atoms with Gasteiger partial charge in [0.05, 0.1) is 6.61 Å². The fourth-order valence-electron chi connectivity index (χ4n) is 3.26. The van der Waals surface area contributed by atoms with Crippen molar-refractivity contribution in [2.45, 2.75) is 30.3 Å². The van der Waals surface area contributed by atoms with E-state index in [1.165, 1.54) is 4.31 Å². The van der Waals surface area contributed by atoms with E-state index < -0.39 is 16.0 Å². The third-order valence-corrected chi connectivity index (χ3v) is 6.59. The first-order valence-corrected chi connectivity index (χ1v) is 9.25. The summed E-state index contributed by atoms with van der Waals surface area (Å²) in [6, 6.07) is 6.91. The predicted octanol–water partition coefficient (Wildman–Crippen LogP) is 1.22. The quantitative estimate of drug-likeness (QED) is 0.760. The zero-order valence-corrected chi connectivity index (χ0v) is 14.3. The van der Waals surface area contributed by atoms with E-state index in [4.69, 9.17) is 4.74 Å². The molecular weight excluding hydrogens is 316 g/mol. The molecule has 1 spiro atoms. The Morgan fingerprint density at radius 2 is 1.96 bits per heavy atom. The Labute approximate surface area is 137 Å². The lowest BCUT2D eigenvalue weighted by Gasteiger charge is -2.44. The Hall–Kier alpha value is -1.28. The number of amides is 1. The van der Waals surface area contributed by atoms with Crippen LogP contribution in [0.5, 0.6) is 0 Å². The van der Waals surface area contributed by atoms with Crippen molar-refractivity contribution in [2.24, 2.45) is 0 Å². The number of ether oxygens (including phenoxy) is 1. The molecule has 1 aromatic rings. The van der Waals surface area contributed by atoms with Crippen LogP contribution in [0.3, 0.4) is 0 Å². The fraction of sp³-hybridized carbons (Fsp3) is 0.562. The molecule has 1 atom stereocenters. The molecule has 0 aromatic heterocycles. The van der Waals surface area contributed by atoms with Gasteiger partial charge in [-0.1, -0.05) is 16.3 Å². The van der Waals surface area contributed by atoms with E-state index in [0.29, 0.717) is 44.0 Å². The number of carbonyl (C=O) groups excluding carboxylic acids is 1. The number of sulfonamides is 1. The van der Waals surface area contributed by atoms with Crippen molar-refractivity contribution in [1.29, 1.82) is 0 Å². The first-order chi connectivity index (χ1) is 10.8. The molecule has 7 heteroatoms. The second-order valence-electron chi connectivity index (χ2n) is 6.29. The number of morpholine rings is 1. The molecule has 2 aliphatic rings. The molecule has 2 saturated heterocycles. The summed E-state index contributed by atoms with van der Waals surface area (Å²) < 4.78 is 32.7. The van der Waals surface area contributed by atoms with Crippen LogP contribution in [0.2, 0.25) is 0 Å². The van der Waals surface area contributed by atoms with E-state index in [1.54, 1.807) is 30.1 Å². The van der Waals surface area contributed by atoms with Gasteiger partial charge in [-0.25, -0.2) is 0 Å². The van der Waals surface area contributed by atoms with E-state index in [1.807, 2.05) is 13.0 Å². The zero-order chi connectivity index (χ0) is 16.7. The molecule has 0 saturated carbocycles. The molecule has 3 rings (SSSR count). The summed E-state index contributed by atoms with van der Waals surface area (Å²) in [7, 11) is -1.75. The normalized spacial score (nSPS) is 24.7. The van der Waals surface area contributed by atoms with Gasteiger partial charge in [0.1, 0.15) is 5.60 Å². The Morgan fingerprint density at radius 3 is 2.61 bits per heavy atom. The summed E-state index contributed by atoms with van der Waals surface area (Å²) in [6.45, 7) is 3.57. The number of likely N-dealkylation sites (N-methyl/N-ethyl adjacent to an activating group) is 1. The topological polar surface area (TPSA) is 72.9 Å². The van der Waals surface area contributed by atoms with Crippen LogP contribution in [0.25, 0.3) is 0 Å². The molecule has 2 aliphatic heterocycles. The van der Waals surface area contributed by atoms with Gasteiger partial charge in [-0.3, -0.25) is 4.79 Å². The maximum atomic E-state index is 12.7. The number of benzene rings is 1. The van der Waals surface area contributed by atoms with E-state index >= 15 is 0 Å². The van der Waals surface area contributed by atoms with Crippen LogP contribution < -0.4 is 0 Å². The molecule has 0 bridgehead atoms. The summed E-state index contributed by atoms with van der Waals surface area (Å²) in [6.07, 6.45) is 0.808. The summed E-state index contributed by atoms with van der Waals surface area (Å²) in [5, 5.41) is 0. The molecule has 2 heterocycles. The van der Waals surface area contributed by atoms with Gasteiger partial charge in [-0.15, -0.1) is 4.31 Å². The highest BCUT2D eigenvalue weighted by Crippen LogP contribution is 2.34.